The van der Waals surface area contributed by atoms with E-state index < -0.39 is 5.97 Å². The van der Waals surface area contributed by atoms with E-state index in [9.17, 15) is 30.0 Å². The van der Waals surface area contributed by atoms with Crippen molar-refractivity contribution >= 4 is 11.8 Å². The van der Waals surface area contributed by atoms with Crippen LogP contribution in [-0.2, 0) is 36.0 Å². The first-order valence-electron chi connectivity index (χ1n) is 10.2. The van der Waals surface area contributed by atoms with Crippen LogP contribution in [-0.4, -0.2) is 45.3 Å². The number of carbonyl (C=O) groups is 2. The molecule has 0 spiro atoms. The van der Waals surface area contributed by atoms with Crippen LogP contribution in [0.5, 0.6) is 0 Å². The largest absolute Gasteiger partial charge is 4.00 e. The van der Waals surface area contributed by atoms with Gasteiger partial charge in [0.05, 0.1) is 7.11 Å². The predicted octanol–water partition coefficient (Wildman–Crippen LogP) is 0.723. The zero-order valence-corrected chi connectivity index (χ0v) is 21.1. The van der Waals surface area contributed by atoms with Gasteiger partial charge in [-0.3, -0.25) is 9.59 Å². The van der Waals surface area contributed by atoms with Gasteiger partial charge in [0, 0.05) is 0 Å². The third-order valence-electron chi connectivity index (χ3n) is 2.61. The summed E-state index contributed by atoms with van der Waals surface area (Å²) >= 11 is 0. The van der Waals surface area contributed by atoms with Gasteiger partial charge in [-0.05, 0) is 6.92 Å². The number of ether oxygens (including phenoxy) is 1. The average molecular weight is 456 g/mol. The molecule has 0 atom stereocenters. The number of hydrogen-bond acceptors (Lipinski definition) is 7. The van der Waals surface area contributed by atoms with Crippen LogP contribution >= 0.6 is 0 Å². The number of carbonyl (C=O) groups excluding carboxylic acids is 2. The molecular formula is C21H44O7Ti. The Hall–Kier alpha value is -0.306. The Labute approximate surface area is 194 Å². The second-order valence-electron chi connectivity index (χ2n) is 5.69. The standard InChI is InChI=1S/C5H8O3.4C4H9O.Ti/c1-4(6)3-5(7)8-2;4*1-2-3-4-5;/h3H2,1-2H3;4*2-4H2,1H3;/q;4*-1;+4. The molecule has 0 aromatic carbocycles. The van der Waals surface area contributed by atoms with Crippen molar-refractivity contribution in [2.24, 2.45) is 0 Å². The molecule has 7 nitrogen and oxygen atoms in total. The Balaban J connectivity index is -0.0000000575. The van der Waals surface area contributed by atoms with Gasteiger partial charge in [-0.15, -0.1) is 26.4 Å². The maximum absolute atomic E-state index is 10.2. The summed E-state index contributed by atoms with van der Waals surface area (Å²) in [5.74, 6) is -0.644. The molecule has 0 aromatic heterocycles. The van der Waals surface area contributed by atoms with E-state index in [0.717, 1.165) is 51.4 Å². The summed E-state index contributed by atoms with van der Waals surface area (Å²) in [6.07, 6.45) is 7.34. The van der Waals surface area contributed by atoms with Crippen LogP contribution in [0, 0.1) is 0 Å². The van der Waals surface area contributed by atoms with Crippen molar-refractivity contribution in [1.29, 1.82) is 0 Å². The van der Waals surface area contributed by atoms with Crippen molar-refractivity contribution in [3.8, 4) is 0 Å². The fourth-order valence-corrected chi connectivity index (χ4v) is 0.853. The van der Waals surface area contributed by atoms with E-state index in [4.69, 9.17) is 0 Å². The molecule has 0 N–H and O–H groups in total. The monoisotopic (exact) mass is 456 g/mol. The van der Waals surface area contributed by atoms with Crippen molar-refractivity contribution in [3.05, 3.63) is 0 Å². The van der Waals surface area contributed by atoms with Crippen LogP contribution in [0.4, 0.5) is 0 Å². The van der Waals surface area contributed by atoms with Gasteiger partial charge in [-0.2, -0.15) is 0 Å². The summed E-state index contributed by atoms with van der Waals surface area (Å²) < 4.78 is 4.20. The van der Waals surface area contributed by atoms with Crippen LogP contribution in [0.2, 0.25) is 0 Å². The van der Waals surface area contributed by atoms with Gasteiger partial charge in [0.1, 0.15) is 12.2 Å². The molecule has 29 heavy (non-hydrogen) atoms. The minimum atomic E-state index is -0.475. The molecule has 0 saturated carbocycles. The van der Waals surface area contributed by atoms with Gasteiger partial charge in [-0.1, -0.05) is 79.1 Å². The first kappa shape index (κ1) is 42.7. The molecular weight excluding hydrogens is 412 g/mol. The minimum absolute atomic E-state index is 0. The second-order valence-corrected chi connectivity index (χ2v) is 5.69. The van der Waals surface area contributed by atoms with Crippen LogP contribution < -0.4 is 20.4 Å². The Kier molecular flexibility index (Phi) is 75.0. The van der Waals surface area contributed by atoms with E-state index in [-0.39, 0.29) is 60.3 Å². The molecule has 0 saturated heterocycles. The maximum atomic E-state index is 10.2. The molecule has 0 unspecified atom stereocenters. The van der Waals surface area contributed by atoms with Crippen molar-refractivity contribution in [3.63, 3.8) is 0 Å². The molecule has 8 heteroatoms. The van der Waals surface area contributed by atoms with Crippen LogP contribution in [0.15, 0.2) is 0 Å². The third-order valence-corrected chi connectivity index (χ3v) is 2.61. The van der Waals surface area contributed by atoms with Gasteiger partial charge in [0.25, 0.3) is 0 Å². The molecule has 0 aliphatic rings. The molecule has 0 amide bonds. The molecule has 0 radical (unpaired) electrons. The molecule has 0 bridgehead atoms. The zero-order valence-electron chi connectivity index (χ0n) is 19.6. The topological polar surface area (TPSA) is 136 Å². The number of esters is 1. The van der Waals surface area contributed by atoms with E-state index in [1.165, 1.54) is 14.0 Å². The Morgan fingerprint density at radius 1 is 0.655 bits per heavy atom. The quantitative estimate of drug-likeness (QED) is 0.268. The fraction of sp³-hybridized carbons (Fsp3) is 0.905. The normalized spacial score (nSPS) is 8.07. The number of unbranched alkanes of at least 4 members (excludes halogenated alkanes) is 4. The predicted molar refractivity (Wildman–Crippen MR) is 106 cm³/mol. The number of ketones is 1. The van der Waals surface area contributed by atoms with Gasteiger partial charge >= 0.3 is 27.7 Å². The fourth-order valence-electron chi connectivity index (χ4n) is 0.853. The average Bonchev–Trinajstić information content (AvgIpc) is 2.66. The van der Waals surface area contributed by atoms with Crippen LogP contribution in [0.3, 0.4) is 0 Å². The second kappa shape index (κ2) is 50.9. The van der Waals surface area contributed by atoms with Crippen LogP contribution in [0.25, 0.3) is 0 Å². The SMILES string of the molecule is CCCC[O-].CCCC[O-].CCCC[O-].CCCC[O-].COC(=O)CC(C)=O.[Ti+4]. The molecule has 0 heterocycles. The van der Waals surface area contributed by atoms with Crippen molar-refractivity contribution in [2.75, 3.05) is 33.5 Å². The van der Waals surface area contributed by atoms with Gasteiger partial charge < -0.3 is 25.2 Å². The van der Waals surface area contributed by atoms with E-state index in [0.29, 0.717) is 0 Å². The van der Waals surface area contributed by atoms with Crippen molar-refractivity contribution in [1.82, 2.24) is 0 Å². The van der Waals surface area contributed by atoms with Crippen molar-refractivity contribution in [2.45, 2.75) is 92.4 Å². The number of rotatable bonds is 10. The Morgan fingerprint density at radius 3 is 0.931 bits per heavy atom. The Bertz CT molecular complexity index is 233. The van der Waals surface area contributed by atoms with Gasteiger partial charge in [0.2, 0.25) is 0 Å². The van der Waals surface area contributed by atoms with Crippen LogP contribution in [0.1, 0.15) is 92.4 Å². The van der Waals surface area contributed by atoms with Gasteiger partial charge in [-0.25, -0.2) is 0 Å². The first-order chi connectivity index (χ1) is 13.3. The van der Waals surface area contributed by atoms with E-state index in [1.807, 2.05) is 27.7 Å². The third kappa shape index (κ3) is 97.5. The summed E-state index contributed by atoms with van der Waals surface area (Å²) in [7, 11) is 1.26. The Morgan fingerprint density at radius 2 is 0.897 bits per heavy atom. The zero-order chi connectivity index (χ0) is 23.1. The summed E-state index contributed by atoms with van der Waals surface area (Å²) in [5.41, 5.74) is 0. The molecule has 0 fully saturated rings. The molecule has 0 aliphatic heterocycles. The van der Waals surface area contributed by atoms with E-state index in [2.05, 4.69) is 4.74 Å². The van der Waals surface area contributed by atoms with Crippen molar-refractivity contribution < 1.29 is 56.5 Å². The number of Topliss-reactive ketones (excluding diaryl/α,β-unsaturated/α-hetero) is 1. The summed E-state index contributed by atoms with van der Waals surface area (Å²) in [6, 6.07) is 0. The number of methoxy groups -OCH3 is 1. The molecule has 0 aromatic rings. The first-order valence-corrected chi connectivity index (χ1v) is 10.2. The number of hydrogen-bond donors (Lipinski definition) is 0. The summed E-state index contributed by atoms with van der Waals surface area (Å²) in [4.78, 5) is 20.3. The summed E-state index contributed by atoms with van der Waals surface area (Å²) in [5, 5.41) is 38.1. The maximum Gasteiger partial charge on any atom is 4.00 e. The summed E-state index contributed by atoms with van der Waals surface area (Å²) in [6.45, 7) is 9.77. The van der Waals surface area contributed by atoms with E-state index >= 15 is 0 Å². The molecule has 0 rings (SSSR count). The smallest absolute Gasteiger partial charge is 0.854 e. The van der Waals surface area contributed by atoms with Gasteiger partial charge in [0.15, 0.2) is 0 Å². The minimum Gasteiger partial charge on any atom is -0.854 e. The molecule has 0 aliphatic carbocycles. The molecule has 174 valence electrons. The van der Waals surface area contributed by atoms with E-state index in [1.54, 1.807) is 0 Å².